The van der Waals surface area contributed by atoms with Crippen LogP contribution in [0.3, 0.4) is 0 Å². The van der Waals surface area contributed by atoms with Crippen molar-refractivity contribution in [1.29, 1.82) is 0 Å². The SMILES string of the molecule is C[C@@H](O)[C@H]1C(=O)N2C(C(=O)O)=C(S[C@H]3C[C@@H](C(C)(C)C(N)=O)N(C=O)C3)[C@H](C)[C@H]12. The first-order chi connectivity index (χ1) is 13.4. The van der Waals surface area contributed by atoms with E-state index < -0.39 is 29.3 Å². The van der Waals surface area contributed by atoms with Gasteiger partial charge in [-0.1, -0.05) is 6.92 Å². The highest BCUT2D eigenvalue weighted by Gasteiger charge is 2.60. The first-order valence-electron chi connectivity index (χ1n) is 9.59. The van der Waals surface area contributed by atoms with Crippen LogP contribution in [0.1, 0.15) is 34.1 Å². The molecule has 0 aromatic heterocycles. The Balaban J connectivity index is 1.86. The normalized spacial score (nSPS) is 32.9. The van der Waals surface area contributed by atoms with Gasteiger partial charge in [0.25, 0.3) is 0 Å². The van der Waals surface area contributed by atoms with Gasteiger partial charge in [-0.15, -0.1) is 11.8 Å². The van der Waals surface area contributed by atoms with Crippen LogP contribution in [0.2, 0.25) is 0 Å². The van der Waals surface area contributed by atoms with Crippen molar-refractivity contribution in [3.8, 4) is 0 Å². The summed E-state index contributed by atoms with van der Waals surface area (Å²) >= 11 is 1.34. The van der Waals surface area contributed by atoms with E-state index in [0.717, 1.165) is 0 Å². The van der Waals surface area contributed by atoms with Crippen LogP contribution in [-0.2, 0) is 19.2 Å². The van der Waals surface area contributed by atoms with Crippen LogP contribution < -0.4 is 5.73 Å². The van der Waals surface area contributed by atoms with Gasteiger partial charge in [-0.25, -0.2) is 4.79 Å². The Bertz CT molecular complexity index is 795. The van der Waals surface area contributed by atoms with Crippen LogP contribution >= 0.6 is 11.8 Å². The molecule has 3 rings (SSSR count). The molecular formula is C19H27N3O6S. The van der Waals surface area contributed by atoms with E-state index in [0.29, 0.717) is 24.3 Å². The number of aliphatic carboxylic acids is 1. The minimum atomic E-state index is -1.18. The molecule has 0 aromatic carbocycles. The highest BCUT2D eigenvalue weighted by molar-refractivity contribution is 8.03. The quantitative estimate of drug-likeness (QED) is 0.385. The Hall–Kier alpha value is -2.07. The molecule has 0 unspecified atom stereocenters. The van der Waals surface area contributed by atoms with Crippen molar-refractivity contribution in [2.45, 2.75) is 57.6 Å². The summed E-state index contributed by atoms with van der Waals surface area (Å²) in [7, 11) is 0. The average Bonchev–Trinajstić information content (AvgIpc) is 3.13. The largest absolute Gasteiger partial charge is 0.477 e. The van der Waals surface area contributed by atoms with Crippen molar-refractivity contribution in [2.75, 3.05) is 6.54 Å². The number of carboxylic acid groups (broad SMARTS) is 1. The molecule has 2 fully saturated rings. The van der Waals surface area contributed by atoms with Gasteiger partial charge in [-0.05, 0) is 27.2 Å². The van der Waals surface area contributed by atoms with Crippen molar-refractivity contribution in [2.24, 2.45) is 23.0 Å². The minimum Gasteiger partial charge on any atom is -0.477 e. The molecule has 29 heavy (non-hydrogen) atoms. The van der Waals surface area contributed by atoms with Crippen molar-refractivity contribution in [3.05, 3.63) is 10.6 Å². The molecule has 0 aliphatic carbocycles. The molecule has 3 heterocycles. The van der Waals surface area contributed by atoms with Crippen molar-refractivity contribution >= 4 is 36.0 Å². The molecule has 4 N–H and O–H groups in total. The van der Waals surface area contributed by atoms with E-state index in [-0.39, 0.29) is 34.9 Å². The van der Waals surface area contributed by atoms with Gasteiger partial charge in [0.2, 0.25) is 18.2 Å². The number of fused-ring (bicyclic) bond motifs is 1. The van der Waals surface area contributed by atoms with Gasteiger partial charge >= 0.3 is 5.97 Å². The first kappa shape index (κ1) is 21.6. The summed E-state index contributed by atoms with van der Waals surface area (Å²) in [6, 6.07) is -0.762. The maximum Gasteiger partial charge on any atom is 0.353 e. The number of β-lactam (4-membered cyclic amide) rings is 1. The predicted octanol–water partition coefficient (Wildman–Crippen LogP) is -0.0159. The first-order valence-corrected chi connectivity index (χ1v) is 10.5. The molecule has 0 spiro atoms. The molecule has 0 bridgehead atoms. The van der Waals surface area contributed by atoms with Crippen LogP contribution in [0.4, 0.5) is 0 Å². The van der Waals surface area contributed by atoms with E-state index in [1.165, 1.54) is 23.6 Å². The van der Waals surface area contributed by atoms with Gasteiger partial charge in [-0.2, -0.15) is 0 Å². The lowest BCUT2D eigenvalue weighted by Crippen LogP contribution is -2.63. The average molecular weight is 426 g/mol. The van der Waals surface area contributed by atoms with E-state index in [2.05, 4.69) is 0 Å². The Morgan fingerprint density at radius 1 is 1.38 bits per heavy atom. The topological polar surface area (TPSA) is 141 Å². The van der Waals surface area contributed by atoms with Gasteiger partial charge in [-0.3, -0.25) is 14.4 Å². The summed E-state index contributed by atoms with van der Waals surface area (Å²) < 4.78 is 0. The summed E-state index contributed by atoms with van der Waals surface area (Å²) in [6.45, 7) is 7.14. The molecule has 10 heteroatoms. The van der Waals surface area contributed by atoms with Crippen LogP contribution in [0, 0.1) is 17.3 Å². The summed E-state index contributed by atoms with van der Waals surface area (Å²) in [5, 5.41) is 19.5. The number of thioether (sulfide) groups is 1. The fraction of sp³-hybridized carbons (Fsp3) is 0.684. The molecule has 0 radical (unpaired) electrons. The second kappa shape index (κ2) is 7.32. The summed E-state index contributed by atoms with van der Waals surface area (Å²) in [5.41, 5.74) is 4.56. The number of carbonyl (C=O) groups excluding carboxylic acids is 3. The molecule has 3 amide bonds. The van der Waals surface area contributed by atoms with Crippen LogP contribution in [0.15, 0.2) is 10.6 Å². The van der Waals surface area contributed by atoms with E-state index in [1.807, 2.05) is 6.92 Å². The van der Waals surface area contributed by atoms with Gasteiger partial charge in [0.1, 0.15) is 5.70 Å². The second-order valence-corrected chi connectivity index (χ2v) is 9.99. The number of aliphatic hydroxyl groups excluding tert-OH is 1. The zero-order valence-corrected chi connectivity index (χ0v) is 17.7. The molecule has 2 saturated heterocycles. The number of hydrogen-bond acceptors (Lipinski definition) is 6. The molecule has 160 valence electrons. The highest BCUT2D eigenvalue weighted by atomic mass is 32.2. The Labute approximate surface area is 173 Å². The number of aliphatic hydroxyl groups is 1. The van der Waals surface area contributed by atoms with Gasteiger partial charge < -0.3 is 25.7 Å². The molecule has 3 aliphatic rings. The Morgan fingerprint density at radius 3 is 2.48 bits per heavy atom. The molecule has 0 saturated carbocycles. The fourth-order valence-electron chi connectivity index (χ4n) is 4.75. The second-order valence-electron chi connectivity index (χ2n) is 8.65. The lowest BCUT2D eigenvalue weighted by atomic mass is 9.79. The molecule has 9 nitrogen and oxygen atoms in total. The van der Waals surface area contributed by atoms with E-state index in [1.54, 1.807) is 18.7 Å². The van der Waals surface area contributed by atoms with Gasteiger partial charge in [0.05, 0.1) is 23.5 Å². The predicted molar refractivity (Wildman–Crippen MR) is 105 cm³/mol. The smallest absolute Gasteiger partial charge is 0.353 e. The number of carboxylic acids is 1. The maximum absolute atomic E-state index is 12.4. The molecular weight excluding hydrogens is 398 g/mol. The Morgan fingerprint density at radius 2 is 2.00 bits per heavy atom. The standard InChI is InChI=1S/C19H27N3O6S/c1-8-13-12(9(2)24)16(25)22(13)14(17(26)27)15(8)29-10-5-11(21(6-10)7-23)19(3,4)18(20)28/h7-13,24H,5-6H2,1-4H3,(H2,20,28)(H,26,27)/t8-,9-,10+,11+,12-,13-/m1/s1. The third-order valence-corrected chi connectivity index (χ3v) is 8.00. The van der Waals surface area contributed by atoms with E-state index in [9.17, 15) is 29.4 Å². The van der Waals surface area contributed by atoms with Crippen LogP contribution in [0.25, 0.3) is 0 Å². The zero-order valence-electron chi connectivity index (χ0n) is 16.9. The number of nitrogens with two attached hydrogens (primary N) is 1. The molecule has 3 aliphatic heterocycles. The number of primary amides is 1. The summed E-state index contributed by atoms with van der Waals surface area (Å²) in [4.78, 5) is 51.2. The van der Waals surface area contributed by atoms with Gasteiger partial charge in [0.15, 0.2) is 0 Å². The molecule has 0 aromatic rings. The highest BCUT2D eigenvalue weighted by Crippen LogP contribution is 2.52. The zero-order chi connectivity index (χ0) is 21.8. The number of nitrogens with zero attached hydrogens (tertiary/aromatic N) is 2. The molecule has 6 atom stereocenters. The van der Waals surface area contributed by atoms with E-state index >= 15 is 0 Å². The van der Waals surface area contributed by atoms with E-state index in [4.69, 9.17) is 5.73 Å². The lowest BCUT2D eigenvalue weighted by Gasteiger charge is -2.46. The minimum absolute atomic E-state index is 0.0373. The number of rotatable bonds is 7. The van der Waals surface area contributed by atoms with Crippen molar-refractivity contribution < 1.29 is 29.4 Å². The number of amides is 3. The summed E-state index contributed by atoms with van der Waals surface area (Å²) in [6.07, 6.45) is 0.324. The third kappa shape index (κ3) is 3.22. The van der Waals surface area contributed by atoms with Crippen molar-refractivity contribution in [1.82, 2.24) is 9.80 Å². The number of carbonyl (C=O) groups is 4. The van der Waals surface area contributed by atoms with Crippen LogP contribution in [0.5, 0.6) is 0 Å². The Kier molecular flexibility index (Phi) is 5.46. The number of likely N-dealkylation sites (tertiary alicyclic amines) is 1. The summed E-state index contributed by atoms with van der Waals surface area (Å²) in [5.74, 6) is -2.92. The lowest BCUT2D eigenvalue weighted by molar-refractivity contribution is -0.163. The fourth-order valence-corrected chi connectivity index (χ4v) is 6.29. The van der Waals surface area contributed by atoms with Crippen LogP contribution in [-0.4, -0.2) is 74.2 Å². The van der Waals surface area contributed by atoms with Gasteiger partial charge in [0, 0.05) is 28.7 Å². The maximum atomic E-state index is 12.4. The number of hydrogen-bond donors (Lipinski definition) is 3. The third-order valence-electron chi connectivity index (χ3n) is 6.51. The van der Waals surface area contributed by atoms with Crippen molar-refractivity contribution in [3.63, 3.8) is 0 Å². The monoisotopic (exact) mass is 425 g/mol.